The first-order valence-electron chi connectivity index (χ1n) is 6.47. The highest BCUT2D eigenvalue weighted by Crippen LogP contribution is 2.34. The first-order chi connectivity index (χ1) is 8.96. The maximum atomic E-state index is 12.3. The second-order valence-electron chi connectivity index (χ2n) is 4.94. The van der Waals surface area contributed by atoms with Crippen molar-refractivity contribution in [2.24, 2.45) is 0 Å². The summed E-state index contributed by atoms with van der Waals surface area (Å²) in [6.45, 7) is 3.98. The fraction of sp³-hybridized carbons (Fsp3) is 0.667. The normalized spacial score (nSPS) is 20.9. The minimum absolute atomic E-state index is 0.187. The Kier molecular flexibility index (Phi) is 4.05. The van der Waals surface area contributed by atoms with Gasteiger partial charge in [-0.3, -0.25) is 4.98 Å². The van der Waals surface area contributed by atoms with Crippen LogP contribution in [0.3, 0.4) is 0 Å². The summed E-state index contributed by atoms with van der Waals surface area (Å²) in [6, 6.07) is -0.187. The zero-order valence-electron chi connectivity index (χ0n) is 11.5. The molecule has 0 radical (unpaired) electrons. The van der Waals surface area contributed by atoms with E-state index in [2.05, 4.69) is 15.3 Å². The van der Waals surface area contributed by atoms with E-state index < -0.39 is 15.3 Å². The minimum Gasteiger partial charge on any atom is -0.372 e. The van der Waals surface area contributed by atoms with Crippen LogP contribution in [0.4, 0.5) is 5.82 Å². The average molecular weight is 284 g/mol. The Morgan fingerprint density at radius 1 is 1.42 bits per heavy atom. The summed E-state index contributed by atoms with van der Waals surface area (Å²) in [5.41, 5.74) is 0.716. The molecule has 1 fully saturated rings. The number of nitrogens with one attached hydrogen (secondary N) is 1. The lowest BCUT2D eigenvalue weighted by Crippen LogP contribution is -2.36. The van der Waals surface area contributed by atoms with Crippen molar-refractivity contribution < 1.29 is 8.42 Å². The van der Waals surface area contributed by atoms with E-state index in [9.17, 15) is 8.42 Å². The van der Waals surface area contributed by atoms with Crippen molar-refractivity contribution in [3.05, 3.63) is 18.1 Å². The third-order valence-corrected chi connectivity index (χ3v) is 5.66. The van der Waals surface area contributed by atoms with Crippen LogP contribution in [-0.2, 0) is 10.0 Å². The monoisotopic (exact) mass is 284 g/mol. The van der Waals surface area contributed by atoms with Crippen molar-refractivity contribution in [1.82, 2.24) is 14.3 Å². The van der Waals surface area contributed by atoms with Crippen LogP contribution in [0.2, 0.25) is 0 Å². The largest absolute Gasteiger partial charge is 0.372 e. The van der Waals surface area contributed by atoms with Crippen LogP contribution in [-0.4, -0.2) is 41.5 Å². The summed E-state index contributed by atoms with van der Waals surface area (Å²) in [5, 5.41) is 2.52. The van der Waals surface area contributed by atoms with Crippen molar-refractivity contribution in [3.63, 3.8) is 0 Å². The van der Waals surface area contributed by atoms with Gasteiger partial charge in [0.05, 0.1) is 29.4 Å². The Morgan fingerprint density at radius 3 is 2.79 bits per heavy atom. The van der Waals surface area contributed by atoms with Gasteiger partial charge in [-0.15, -0.1) is 0 Å². The molecule has 1 aromatic rings. The van der Waals surface area contributed by atoms with Gasteiger partial charge >= 0.3 is 0 Å². The highest BCUT2D eigenvalue weighted by molar-refractivity contribution is 7.89. The number of hydrogen-bond acceptors (Lipinski definition) is 5. The molecule has 0 spiro atoms. The first kappa shape index (κ1) is 14.2. The molecular formula is C12H20N4O2S. The molecule has 7 heteroatoms. The lowest BCUT2D eigenvalue weighted by molar-refractivity contribution is 0.385. The molecular weight excluding hydrogens is 264 g/mol. The molecule has 0 bridgehead atoms. The highest BCUT2D eigenvalue weighted by Gasteiger charge is 2.37. The summed E-state index contributed by atoms with van der Waals surface area (Å²) < 4.78 is 26.2. The van der Waals surface area contributed by atoms with E-state index >= 15 is 0 Å². The first-order valence-corrected chi connectivity index (χ1v) is 7.97. The van der Waals surface area contributed by atoms with Gasteiger partial charge in [0.1, 0.15) is 5.82 Å². The Balaban J connectivity index is 2.33. The van der Waals surface area contributed by atoms with Gasteiger partial charge in [-0.2, -0.15) is 4.31 Å². The molecule has 0 unspecified atom stereocenters. The summed E-state index contributed by atoms with van der Waals surface area (Å²) >= 11 is 0. The number of anilines is 1. The Morgan fingerprint density at radius 2 is 2.16 bits per heavy atom. The molecule has 1 N–H and O–H groups in total. The molecule has 1 atom stereocenters. The van der Waals surface area contributed by atoms with Gasteiger partial charge in [-0.25, -0.2) is 13.4 Å². The van der Waals surface area contributed by atoms with Gasteiger partial charge in [-0.1, -0.05) is 0 Å². The van der Waals surface area contributed by atoms with E-state index in [0.29, 0.717) is 18.1 Å². The molecule has 1 saturated heterocycles. The molecule has 0 aliphatic carbocycles. The average Bonchev–Trinajstić information content (AvgIpc) is 2.88. The van der Waals surface area contributed by atoms with Crippen molar-refractivity contribution in [1.29, 1.82) is 0 Å². The molecule has 0 amide bonds. The topological polar surface area (TPSA) is 75.2 Å². The molecule has 1 aliphatic heterocycles. The van der Waals surface area contributed by atoms with E-state index in [-0.39, 0.29) is 6.04 Å². The van der Waals surface area contributed by atoms with E-state index in [1.54, 1.807) is 37.6 Å². The van der Waals surface area contributed by atoms with Gasteiger partial charge in [0.25, 0.3) is 0 Å². The number of nitrogens with zero attached hydrogens (tertiary/aromatic N) is 3. The molecule has 2 heterocycles. The SMILES string of the molecule is CNc1cncc([C@H]2CCCN2S(=O)(=O)C(C)C)n1. The number of rotatable bonds is 4. The maximum Gasteiger partial charge on any atom is 0.217 e. The van der Waals surface area contributed by atoms with Crippen LogP contribution in [0.1, 0.15) is 38.4 Å². The number of hydrogen-bond donors (Lipinski definition) is 1. The van der Waals surface area contributed by atoms with Gasteiger partial charge in [0.15, 0.2) is 0 Å². The molecule has 1 aliphatic rings. The van der Waals surface area contributed by atoms with Gasteiger partial charge in [0, 0.05) is 13.6 Å². The second kappa shape index (κ2) is 5.42. The number of sulfonamides is 1. The zero-order chi connectivity index (χ0) is 14.0. The fourth-order valence-corrected chi connectivity index (χ4v) is 3.77. The molecule has 0 aromatic carbocycles. The summed E-state index contributed by atoms with van der Waals surface area (Å²) in [4.78, 5) is 8.53. The number of aromatic nitrogens is 2. The standard InChI is InChI=1S/C12H20N4O2S/c1-9(2)19(17,18)16-6-4-5-11(16)10-7-14-8-12(13-3)15-10/h7-9,11H,4-6H2,1-3H3,(H,13,15)/t11-/m1/s1. The fourth-order valence-electron chi connectivity index (χ4n) is 2.27. The summed E-state index contributed by atoms with van der Waals surface area (Å²) in [6.07, 6.45) is 4.94. The smallest absolute Gasteiger partial charge is 0.217 e. The third kappa shape index (κ3) is 2.71. The highest BCUT2D eigenvalue weighted by atomic mass is 32.2. The lowest BCUT2D eigenvalue weighted by Gasteiger charge is -2.25. The van der Waals surface area contributed by atoms with E-state index in [0.717, 1.165) is 12.8 Å². The van der Waals surface area contributed by atoms with Crippen molar-refractivity contribution in [2.45, 2.75) is 38.0 Å². The van der Waals surface area contributed by atoms with Gasteiger partial charge in [0.2, 0.25) is 10.0 Å². The Labute approximate surface area is 114 Å². The van der Waals surface area contributed by atoms with Crippen molar-refractivity contribution in [2.75, 3.05) is 18.9 Å². The quantitative estimate of drug-likeness (QED) is 0.904. The van der Waals surface area contributed by atoms with E-state index in [4.69, 9.17) is 0 Å². The summed E-state index contributed by atoms with van der Waals surface area (Å²) in [7, 11) is -1.48. The van der Waals surface area contributed by atoms with E-state index in [1.165, 1.54) is 0 Å². The molecule has 6 nitrogen and oxygen atoms in total. The maximum absolute atomic E-state index is 12.3. The van der Waals surface area contributed by atoms with Crippen LogP contribution < -0.4 is 5.32 Å². The second-order valence-corrected chi connectivity index (χ2v) is 7.38. The summed E-state index contributed by atoms with van der Waals surface area (Å²) in [5.74, 6) is 0.659. The van der Waals surface area contributed by atoms with Crippen LogP contribution in [0.25, 0.3) is 0 Å². The predicted molar refractivity (Wildman–Crippen MR) is 74.3 cm³/mol. The molecule has 106 valence electrons. The minimum atomic E-state index is -3.25. The van der Waals surface area contributed by atoms with Crippen LogP contribution >= 0.6 is 0 Å². The lowest BCUT2D eigenvalue weighted by atomic mass is 10.2. The molecule has 1 aromatic heterocycles. The molecule has 0 saturated carbocycles. The van der Waals surface area contributed by atoms with Crippen LogP contribution in [0.5, 0.6) is 0 Å². The van der Waals surface area contributed by atoms with Gasteiger partial charge < -0.3 is 5.32 Å². The zero-order valence-corrected chi connectivity index (χ0v) is 12.3. The Bertz CT molecular complexity index is 544. The van der Waals surface area contributed by atoms with Gasteiger partial charge in [-0.05, 0) is 26.7 Å². The van der Waals surface area contributed by atoms with E-state index in [1.807, 2.05) is 0 Å². The Hall–Kier alpha value is -1.21. The van der Waals surface area contributed by atoms with Crippen LogP contribution in [0.15, 0.2) is 12.4 Å². The van der Waals surface area contributed by atoms with Crippen molar-refractivity contribution in [3.8, 4) is 0 Å². The van der Waals surface area contributed by atoms with Crippen LogP contribution in [0, 0.1) is 0 Å². The molecule has 2 rings (SSSR count). The predicted octanol–water partition coefficient (Wildman–Crippen LogP) is 1.39. The van der Waals surface area contributed by atoms with Crippen molar-refractivity contribution >= 4 is 15.8 Å². The third-order valence-electron chi connectivity index (χ3n) is 3.38. The molecule has 19 heavy (non-hydrogen) atoms.